The average molecular weight is 548 g/mol. The Morgan fingerprint density at radius 1 is 0.821 bits per heavy atom. The molecule has 1 amide bonds. The normalized spacial score (nSPS) is 10.9. The first-order valence-corrected chi connectivity index (χ1v) is 13.5. The van der Waals surface area contributed by atoms with Gasteiger partial charge < -0.3 is 25.2 Å². The second-order valence-corrected chi connectivity index (χ2v) is 10.1. The fourth-order valence-corrected chi connectivity index (χ4v) is 5.17. The van der Waals surface area contributed by atoms with Gasteiger partial charge in [-0.15, -0.1) is 0 Å². The van der Waals surface area contributed by atoms with Gasteiger partial charge in [-0.1, -0.05) is 36.4 Å². The van der Waals surface area contributed by atoms with Gasteiger partial charge in [0.2, 0.25) is 0 Å². The predicted octanol–water partition coefficient (Wildman–Crippen LogP) is 4.72. The van der Waals surface area contributed by atoms with Gasteiger partial charge in [0.1, 0.15) is 22.1 Å². The molecule has 0 aliphatic rings. The third-order valence-corrected chi connectivity index (χ3v) is 7.26. The van der Waals surface area contributed by atoms with Crippen LogP contribution >= 0.6 is 0 Å². The standard InChI is InChI=1S/C29H29N3O6S/c1-37-24-10-5-7-21(17-24)29(34)31-16-15-30-22-8-6-9-23(19-22)32-39(35,36)28-18-20(13-14-27(28)38-2)25-11-3-4-12-26(25)33/h3-14,17-19,30,32-33H,15-16H2,1-2H3,(H,31,34). The van der Waals surface area contributed by atoms with Gasteiger partial charge in [0, 0.05) is 29.9 Å². The van der Waals surface area contributed by atoms with Crippen LogP contribution in [0.1, 0.15) is 10.4 Å². The van der Waals surface area contributed by atoms with Gasteiger partial charge in [-0.3, -0.25) is 9.52 Å². The van der Waals surface area contributed by atoms with Crippen molar-refractivity contribution in [2.24, 2.45) is 0 Å². The summed E-state index contributed by atoms with van der Waals surface area (Å²) in [5.41, 5.74) is 2.53. The van der Waals surface area contributed by atoms with E-state index in [0.717, 1.165) is 0 Å². The van der Waals surface area contributed by atoms with Crippen molar-refractivity contribution in [2.45, 2.75) is 4.90 Å². The number of aromatic hydroxyl groups is 1. The molecule has 9 nitrogen and oxygen atoms in total. The minimum absolute atomic E-state index is 0.0393. The van der Waals surface area contributed by atoms with Gasteiger partial charge in [-0.05, 0) is 60.2 Å². The lowest BCUT2D eigenvalue weighted by Gasteiger charge is -2.15. The molecule has 0 saturated carbocycles. The summed E-state index contributed by atoms with van der Waals surface area (Å²) in [6.07, 6.45) is 0. The fraction of sp³-hybridized carbons (Fsp3) is 0.138. The highest BCUT2D eigenvalue weighted by atomic mass is 32.2. The number of hydrogen-bond donors (Lipinski definition) is 4. The minimum Gasteiger partial charge on any atom is -0.507 e. The molecule has 4 aromatic carbocycles. The van der Waals surface area contributed by atoms with Gasteiger partial charge in [-0.25, -0.2) is 8.42 Å². The van der Waals surface area contributed by atoms with E-state index in [1.165, 1.54) is 19.2 Å². The van der Waals surface area contributed by atoms with Gasteiger partial charge in [0.25, 0.3) is 15.9 Å². The zero-order valence-corrected chi connectivity index (χ0v) is 22.3. The summed E-state index contributed by atoms with van der Waals surface area (Å²) in [6, 6.07) is 25.0. The number of phenolic OH excluding ortho intramolecular Hbond substituents is 1. The molecule has 4 aromatic rings. The van der Waals surface area contributed by atoms with Crippen LogP contribution in [0.15, 0.2) is 95.9 Å². The molecule has 4 rings (SSSR count). The molecule has 0 aliphatic heterocycles. The van der Waals surface area contributed by atoms with Crippen LogP contribution < -0.4 is 24.8 Å². The predicted molar refractivity (Wildman–Crippen MR) is 151 cm³/mol. The quantitative estimate of drug-likeness (QED) is 0.200. The van der Waals surface area contributed by atoms with Gasteiger partial charge in [-0.2, -0.15) is 0 Å². The van der Waals surface area contributed by atoms with E-state index in [-0.39, 0.29) is 22.3 Å². The lowest BCUT2D eigenvalue weighted by molar-refractivity contribution is 0.0955. The summed E-state index contributed by atoms with van der Waals surface area (Å²) < 4.78 is 39.7. The number of anilines is 2. The van der Waals surface area contributed by atoms with Crippen LogP contribution in [0.5, 0.6) is 17.2 Å². The molecule has 0 radical (unpaired) electrons. The van der Waals surface area contributed by atoms with Crippen molar-refractivity contribution in [3.63, 3.8) is 0 Å². The largest absolute Gasteiger partial charge is 0.507 e. The van der Waals surface area contributed by atoms with Gasteiger partial charge >= 0.3 is 0 Å². The Hall–Kier alpha value is -4.70. The number of ether oxygens (including phenoxy) is 2. The Labute approximate surface area is 227 Å². The average Bonchev–Trinajstić information content (AvgIpc) is 2.95. The second-order valence-electron chi connectivity index (χ2n) is 8.48. The highest BCUT2D eigenvalue weighted by Crippen LogP contribution is 2.34. The number of rotatable bonds is 11. The van der Waals surface area contributed by atoms with Crippen molar-refractivity contribution in [3.05, 3.63) is 96.6 Å². The lowest BCUT2D eigenvalue weighted by Crippen LogP contribution is -2.28. The Balaban J connectivity index is 1.42. The molecule has 0 bridgehead atoms. The molecular weight excluding hydrogens is 518 g/mol. The minimum atomic E-state index is -4.04. The van der Waals surface area contributed by atoms with Crippen molar-refractivity contribution in [3.8, 4) is 28.4 Å². The zero-order valence-electron chi connectivity index (χ0n) is 21.5. The van der Waals surface area contributed by atoms with E-state index in [4.69, 9.17) is 9.47 Å². The maximum atomic E-state index is 13.3. The van der Waals surface area contributed by atoms with Crippen LogP contribution in [0.25, 0.3) is 11.1 Å². The van der Waals surface area contributed by atoms with E-state index < -0.39 is 10.0 Å². The highest BCUT2D eigenvalue weighted by Gasteiger charge is 2.21. The van der Waals surface area contributed by atoms with Crippen LogP contribution in [0.3, 0.4) is 0 Å². The first kappa shape index (κ1) is 27.3. The second kappa shape index (κ2) is 12.2. The topological polar surface area (TPSA) is 126 Å². The van der Waals surface area contributed by atoms with Crippen molar-refractivity contribution in [1.82, 2.24) is 5.32 Å². The van der Waals surface area contributed by atoms with Crippen molar-refractivity contribution in [2.75, 3.05) is 37.3 Å². The van der Waals surface area contributed by atoms with E-state index in [2.05, 4.69) is 15.4 Å². The first-order chi connectivity index (χ1) is 18.8. The smallest absolute Gasteiger partial charge is 0.265 e. The number of benzene rings is 4. The summed E-state index contributed by atoms with van der Waals surface area (Å²) in [7, 11) is -1.11. The molecule has 0 aromatic heterocycles. The molecule has 4 N–H and O–H groups in total. The lowest BCUT2D eigenvalue weighted by atomic mass is 10.0. The van der Waals surface area contributed by atoms with E-state index >= 15 is 0 Å². The summed E-state index contributed by atoms with van der Waals surface area (Å²) in [4.78, 5) is 12.3. The first-order valence-electron chi connectivity index (χ1n) is 12.1. The monoisotopic (exact) mass is 547 g/mol. The summed E-state index contributed by atoms with van der Waals surface area (Å²) >= 11 is 0. The zero-order chi connectivity index (χ0) is 27.8. The number of carbonyl (C=O) groups is 1. The van der Waals surface area contributed by atoms with E-state index in [1.54, 1.807) is 86.0 Å². The third-order valence-electron chi connectivity index (χ3n) is 5.85. The number of hydrogen-bond acceptors (Lipinski definition) is 7. The Morgan fingerprint density at radius 2 is 1.59 bits per heavy atom. The van der Waals surface area contributed by atoms with Crippen molar-refractivity contribution < 1.29 is 27.8 Å². The van der Waals surface area contributed by atoms with Crippen LogP contribution in [-0.4, -0.2) is 46.7 Å². The molecular formula is C29H29N3O6S. The Bertz CT molecular complexity index is 1570. The van der Waals surface area contributed by atoms with E-state index in [0.29, 0.717) is 46.9 Å². The SMILES string of the molecule is COc1cccc(C(=O)NCCNc2cccc(NS(=O)(=O)c3cc(-c4ccccc4O)ccc3OC)c2)c1. The summed E-state index contributed by atoms with van der Waals surface area (Å²) in [6.45, 7) is 0.769. The number of carbonyl (C=O) groups excluding carboxylic acids is 1. The molecule has 0 unspecified atom stereocenters. The molecule has 39 heavy (non-hydrogen) atoms. The molecule has 0 atom stereocenters. The molecule has 0 aliphatic carbocycles. The summed E-state index contributed by atoms with van der Waals surface area (Å²) in [5.74, 6) is 0.583. The number of amides is 1. The number of nitrogens with one attached hydrogen (secondary N) is 3. The van der Waals surface area contributed by atoms with Crippen LogP contribution in [0.4, 0.5) is 11.4 Å². The fourth-order valence-electron chi connectivity index (χ4n) is 3.92. The maximum absolute atomic E-state index is 13.3. The van der Waals surface area contributed by atoms with Crippen molar-refractivity contribution in [1.29, 1.82) is 0 Å². The number of methoxy groups -OCH3 is 2. The van der Waals surface area contributed by atoms with Crippen molar-refractivity contribution >= 4 is 27.3 Å². The van der Waals surface area contributed by atoms with Gasteiger partial charge in [0.05, 0.1) is 19.9 Å². The van der Waals surface area contributed by atoms with Crippen LogP contribution in [-0.2, 0) is 10.0 Å². The number of sulfonamides is 1. The molecule has 0 spiro atoms. The number of para-hydroxylation sites is 1. The van der Waals surface area contributed by atoms with Crippen LogP contribution in [0.2, 0.25) is 0 Å². The molecule has 0 heterocycles. The van der Waals surface area contributed by atoms with Crippen LogP contribution in [0, 0.1) is 0 Å². The number of phenols is 1. The highest BCUT2D eigenvalue weighted by molar-refractivity contribution is 7.92. The summed E-state index contributed by atoms with van der Waals surface area (Å²) in [5, 5.41) is 16.2. The Morgan fingerprint density at radius 3 is 2.36 bits per heavy atom. The Kier molecular flexibility index (Phi) is 8.57. The molecule has 202 valence electrons. The van der Waals surface area contributed by atoms with Gasteiger partial charge in [0.15, 0.2) is 0 Å². The maximum Gasteiger partial charge on any atom is 0.265 e. The molecule has 10 heteroatoms. The van der Waals surface area contributed by atoms with E-state index in [1.807, 2.05) is 0 Å². The van der Waals surface area contributed by atoms with E-state index in [9.17, 15) is 18.3 Å². The molecule has 0 fully saturated rings. The third kappa shape index (κ3) is 6.79. The molecule has 0 saturated heterocycles.